The Labute approximate surface area is 159 Å². The van der Waals surface area contributed by atoms with Crippen LogP contribution in [0.5, 0.6) is 5.75 Å². The Kier molecular flexibility index (Phi) is 5.35. The Morgan fingerprint density at radius 1 is 1.15 bits per heavy atom. The first-order valence-corrected chi connectivity index (χ1v) is 8.95. The number of halogens is 1. The van der Waals surface area contributed by atoms with Crippen molar-refractivity contribution in [3.63, 3.8) is 0 Å². The highest BCUT2D eigenvalue weighted by atomic mass is 35.5. The second-order valence-corrected chi connectivity index (χ2v) is 6.80. The molecular formula is C19H15ClN2O3S. The molecule has 1 amide bonds. The smallest absolute Gasteiger partial charge is 0.298 e. The molecule has 0 aliphatic heterocycles. The van der Waals surface area contributed by atoms with Crippen LogP contribution < -0.4 is 10.1 Å². The van der Waals surface area contributed by atoms with Crippen molar-refractivity contribution in [3.05, 3.63) is 64.0 Å². The number of amides is 1. The molecule has 7 heteroatoms. The molecule has 1 heterocycles. The van der Waals surface area contributed by atoms with Gasteiger partial charge in [0.05, 0.1) is 17.8 Å². The number of Topliss-reactive ketones (excluding diaryl/α,β-unsaturated/α-hetero) is 1. The summed E-state index contributed by atoms with van der Waals surface area (Å²) in [5, 5.41) is 5.14. The highest BCUT2D eigenvalue weighted by molar-refractivity contribution is 7.14. The lowest BCUT2D eigenvalue weighted by molar-refractivity contribution is -0.112. The number of thiazole rings is 1. The number of aromatic nitrogens is 1. The summed E-state index contributed by atoms with van der Waals surface area (Å²) in [4.78, 5) is 28.7. The molecule has 0 saturated heterocycles. The minimum absolute atomic E-state index is 0.340. The van der Waals surface area contributed by atoms with E-state index in [4.69, 9.17) is 16.3 Å². The molecule has 0 spiro atoms. The normalized spacial score (nSPS) is 10.4. The van der Waals surface area contributed by atoms with Gasteiger partial charge >= 0.3 is 0 Å². The van der Waals surface area contributed by atoms with Crippen LogP contribution in [0.2, 0.25) is 5.02 Å². The van der Waals surface area contributed by atoms with Gasteiger partial charge in [-0.2, -0.15) is 0 Å². The zero-order valence-corrected chi connectivity index (χ0v) is 15.6. The Morgan fingerprint density at radius 2 is 1.88 bits per heavy atom. The number of aryl methyl sites for hydroxylation is 1. The number of benzene rings is 2. The summed E-state index contributed by atoms with van der Waals surface area (Å²) >= 11 is 7.36. The van der Waals surface area contributed by atoms with Gasteiger partial charge in [-0.25, -0.2) is 4.98 Å². The molecule has 5 nitrogen and oxygen atoms in total. The summed E-state index contributed by atoms with van der Waals surface area (Å²) < 4.78 is 5.13. The van der Waals surface area contributed by atoms with E-state index in [1.165, 1.54) is 11.3 Å². The van der Waals surface area contributed by atoms with Crippen molar-refractivity contribution < 1.29 is 14.3 Å². The van der Waals surface area contributed by atoms with Gasteiger partial charge in [0.2, 0.25) is 0 Å². The molecule has 0 aliphatic rings. The average molecular weight is 387 g/mol. The van der Waals surface area contributed by atoms with Crippen molar-refractivity contribution in [2.75, 3.05) is 12.4 Å². The monoisotopic (exact) mass is 386 g/mol. The van der Waals surface area contributed by atoms with Crippen LogP contribution in [0.1, 0.15) is 15.9 Å². The average Bonchev–Trinajstić information content (AvgIpc) is 3.10. The lowest BCUT2D eigenvalue weighted by Gasteiger charge is -2.04. The van der Waals surface area contributed by atoms with Gasteiger partial charge in [-0.05, 0) is 25.1 Å². The van der Waals surface area contributed by atoms with Crippen molar-refractivity contribution >= 4 is 39.8 Å². The van der Waals surface area contributed by atoms with Crippen LogP contribution in [-0.4, -0.2) is 23.8 Å². The number of rotatable bonds is 5. The van der Waals surface area contributed by atoms with E-state index in [9.17, 15) is 9.59 Å². The number of anilines is 1. The topological polar surface area (TPSA) is 68.3 Å². The zero-order chi connectivity index (χ0) is 18.7. The maximum Gasteiger partial charge on any atom is 0.298 e. The fourth-order valence-corrected chi connectivity index (χ4v) is 3.25. The lowest BCUT2D eigenvalue weighted by atomic mass is 10.1. The van der Waals surface area contributed by atoms with Crippen LogP contribution in [0.4, 0.5) is 5.13 Å². The minimum Gasteiger partial charge on any atom is -0.495 e. The Bertz CT molecular complexity index is 967. The third-order valence-electron chi connectivity index (χ3n) is 3.69. The highest BCUT2D eigenvalue weighted by Gasteiger charge is 2.18. The highest BCUT2D eigenvalue weighted by Crippen LogP contribution is 2.31. The van der Waals surface area contributed by atoms with E-state index in [1.54, 1.807) is 48.9 Å². The SMILES string of the molecule is COc1ccc(-c2csc(NC(=O)C(=O)c3ccc(C)cc3)n2)cc1Cl. The molecule has 2 aromatic carbocycles. The second-order valence-electron chi connectivity index (χ2n) is 5.54. The summed E-state index contributed by atoms with van der Waals surface area (Å²) in [6.07, 6.45) is 0. The Balaban J connectivity index is 1.73. The Hall–Kier alpha value is -2.70. The minimum atomic E-state index is -0.720. The first kappa shape index (κ1) is 18.1. The van der Waals surface area contributed by atoms with E-state index >= 15 is 0 Å². The number of methoxy groups -OCH3 is 1. The molecule has 3 rings (SSSR count). The standard InChI is InChI=1S/C19H15ClN2O3S/c1-11-3-5-12(6-4-11)17(23)18(24)22-19-21-15(10-26-19)13-7-8-16(25-2)14(20)9-13/h3-10H,1-2H3,(H,21,22,24). The molecule has 0 atom stereocenters. The summed E-state index contributed by atoms with van der Waals surface area (Å²) in [5.74, 6) is -0.750. The largest absolute Gasteiger partial charge is 0.495 e. The molecule has 3 aromatic rings. The summed E-state index contributed by atoms with van der Waals surface area (Å²) in [5.41, 5.74) is 2.80. The maximum atomic E-state index is 12.2. The van der Waals surface area contributed by atoms with Crippen LogP contribution >= 0.6 is 22.9 Å². The van der Waals surface area contributed by atoms with Crippen LogP contribution in [-0.2, 0) is 4.79 Å². The molecule has 0 bridgehead atoms. The van der Waals surface area contributed by atoms with Gasteiger partial charge in [0.25, 0.3) is 11.7 Å². The quantitative estimate of drug-likeness (QED) is 0.514. The molecule has 0 aliphatic carbocycles. The molecular weight excluding hydrogens is 372 g/mol. The number of hydrogen-bond acceptors (Lipinski definition) is 5. The fraction of sp³-hybridized carbons (Fsp3) is 0.105. The molecule has 132 valence electrons. The molecule has 0 unspecified atom stereocenters. The molecule has 0 radical (unpaired) electrons. The third-order valence-corrected chi connectivity index (χ3v) is 4.75. The first-order chi connectivity index (χ1) is 12.5. The van der Waals surface area contributed by atoms with Gasteiger partial charge in [-0.3, -0.25) is 14.9 Å². The molecule has 1 aromatic heterocycles. The van der Waals surface area contributed by atoms with Crippen molar-refractivity contribution in [2.45, 2.75) is 6.92 Å². The van der Waals surface area contributed by atoms with Crippen LogP contribution in [0, 0.1) is 6.92 Å². The number of ketones is 1. The van der Waals surface area contributed by atoms with Crippen LogP contribution in [0.3, 0.4) is 0 Å². The van der Waals surface area contributed by atoms with E-state index < -0.39 is 11.7 Å². The van der Waals surface area contributed by atoms with Gasteiger partial charge in [-0.1, -0.05) is 41.4 Å². The predicted molar refractivity (Wildman–Crippen MR) is 103 cm³/mol. The summed E-state index contributed by atoms with van der Waals surface area (Å²) in [7, 11) is 1.54. The fourth-order valence-electron chi connectivity index (χ4n) is 2.28. The van der Waals surface area contributed by atoms with E-state index in [0.29, 0.717) is 27.2 Å². The maximum absolute atomic E-state index is 12.2. The number of nitrogens with one attached hydrogen (secondary N) is 1. The van der Waals surface area contributed by atoms with Gasteiger partial charge in [-0.15, -0.1) is 11.3 Å². The van der Waals surface area contributed by atoms with Gasteiger partial charge in [0.1, 0.15) is 5.75 Å². The van der Waals surface area contributed by atoms with Crippen molar-refractivity contribution in [3.8, 4) is 17.0 Å². The van der Waals surface area contributed by atoms with Crippen molar-refractivity contribution in [1.82, 2.24) is 4.98 Å². The van der Waals surface area contributed by atoms with Gasteiger partial charge < -0.3 is 4.74 Å². The van der Waals surface area contributed by atoms with Gasteiger partial charge in [0.15, 0.2) is 5.13 Å². The van der Waals surface area contributed by atoms with Crippen molar-refractivity contribution in [1.29, 1.82) is 0 Å². The second kappa shape index (κ2) is 7.68. The third kappa shape index (κ3) is 3.92. The number of carbonyl (C=O) groups is 2. The molecule has 1 N–H and O–H groups in total. The number of nitrogens with zero attached hydrogens (tertiary/aromatic N) is 1. The Morgan fingerprint density at radius 3 is 2.54 bits per heavy atom. The van der Waals surface area contributed by atoms with E-state index in [2.05, 4.69) is 10.3 Å². The number of ether oxygens (including phenoxy) is 1. The van der Waals surface area contributed by atoms with Crippen LogP contribution in [0.25, 0.3) is 11.3 Å². The lowest BCUT2D eigenvalue weighted by Crippen LogP contribution is -2.22. The number of carbonyl (C=O) groups excluding carboxylic acids is 2. The zero-order valence-electron chi connectivity index (χ0n) is 14.1. The van der Waals surface area contributed by atoms with E-state index in [1.807, 2.05) is 13.0 Å². The summed E-state index contributed by atoms with van der Waals surface area (Å²) in [6, 6.07) is 12.1. The van der Waals surface area contributed by atoms with Crippen molar-refractivity contribution in [2.24, 2.45) is 0 Å². The molecule has 26 heavy (non-hydrogen) atoms. The molecule has 0 saturated carbocycles. The van der Waals surface area contributed by atoms with E-state index in [0.717, 1.165) is 11.1 Å². The predicted octanol–water partition coefficient (Wildman–Crippen LogP) is 4.60. The van der Waals surface area contributed by atoms with E-state index in [-0.39, 0.29) is 0 Å². The molecule has 0 fully saturated rings. The van der Waals surface area contributed by atoms with Gasteiger partial charge in [0, 0.05) is 16.5 Å². The number of hydrogen-bond donors (Lipinski definition) is 1. The first-order valence-electron chi connectivity index (χ1n) is 7.69. The summed E-state index contributed by atoms with van der Waals surface area (Å²) in [6.45, 7) is 1.91. The van der Waals surface area contributed by atoms with Crippen LogP contribution in [0.15, 0.2) is 47.8 Å².